The van der Waals surface area contributed by atoms with Crippen LogP contribution in [-0.4, -0.2) is 11.1 Å². The van der Waals surface area contributed by atoms with Gasteiger partial charge in [0.15, 0.2) is 0 Å². The van der Waals surface area contributed by atoms with Crippen LogP contribution in [0, 0.1) is 11.8 Å². The Morgan fingerprint density at radius 1 is 1.38 bits per heavy atom. The molecule has 2 nitrogen and oxygen atoms in total. The SMILES string of the molecule is CC/C=C\C1CCC(C(=O)O)CC1. The smallest absolute Gasteiger partial charge is 0.306 e. The fourth-order valence-electron chi connectivity index (χ4n) is 1.89. The normalized spacial score (nSPS) is 29.3. The van der Waals surface area contributed by atoms with Crippen LogP contribution >= 0.6 is 0 Å². The van der Waals surface area contributed by atoms with E-state index in [0.717, 1.165) is 32.1 Å². The van der Waals surface area contributed by atoms with E-state index in [0.29, 0.717) is 5.92 Å². The largest absolute Gasteiger partial charge is 0.481 e. The molecule has 1 aliphatic carbocycles. The van der Waals surface area contributed by atoms with E-state index >= 15 is 0 Å². The van der Waals surface area contributed by atoms with Gasteiger partial charge in [-0.15, -0.1) is 0 Å². The van der Waals surface area contributed by atoms with Crippen molar-refractivity contribution in [3.8, 4) is 0 Å². The molecule has 0 radical (unpaired) electrons. The minimum absolute atomic E-state index is 0.0775. The molecule has 1 N–H and O–H groups in total. The standard InChI is InChI=1S/C11H18O2/c1-2-3-4-9-5-7-10(8-6-9)11(12)13/h3-4,9-10H,2,5-8H2,1H3,(H,12,13)/b4-3-. The summed E-state index contributed by atoms with van der Waals surface area (Å²) in [5.41, 5.74) is 0. The van der Waals surface area contributed by atoms with E-state index in [1.165, 1.54) is 0 Å². The predicted octanol–water partition coefficient (Wildman–Crippen LogP) is 2.84. The molecule has 1 saturated carbocycles. The molecule has 0 aromatic rings. The molecule has 13 heavy (non-hydrogen) atoms. The summed E-state index contributed by atoms with van der Waals surface area (Å²) in [6, 6.07) is 0. The van der Waals surface area contributed by atoms with Crippen molar-refractivity contribution in [3.63, 3.8) is 0 Å². The lowest BCUT2D eigenvalue weighted by Crippen LogP contribution is -2.20. The summed E-state index contributed by atoms with van der Waals surface area (Å²) < 4.78 is 0. The van der Waals surface area contributed by atoms with E-state index in [1.54, 1.807) is 0 Å². The minimum Gasteiger partial charge on any atom is -0.481 e. The summed E-state index contributed by atoms with van der Waals surface area (Å²) in [5, 5.41) is 8.78. The Kier molecular flexibility index (Phi) is 4.00. The van der Waals surface area contributed by atoms with Crippen molar-refractivity contribution in [1.82, 2.24) is 0 Å². The molecule has 0 spiro atoms. The third-order valence-corrected chi connectivity index (χ3v) is 2.77. The van der Waals surface area contributed by atoms with Crippen LogP contribution in [0.15, 0.2) is 12.2 Å². The van der Waals surface area contributed by atoms with Crippen LogP contribution in [0.2, 0.25) is 0 Å². The van der Waals surface area contributed by atoms with Gasteiger partial charge in [-0.3, -0.25) is 4.79 Å². The number of carbonyl (C=O) groups is 1. The van der Waals surface area contributed by atoms with Crippen molar-refractivity contribution in [1.29, 1.82) is 0 Å². The van der Waals surface area contributed by atoms with Crippen LogP contribution in [0.5, 0.6) is 0 Å². The van der Waals surface area contributed by atoms with Gasteiger partial charge in [-0.05, 0) is 38.0 Å². The van der Waals surface area contributed by atoms with Crippen LogP contribution in [0.25, 0.3) is 0 Å². The zero-order valence-corrected chi connectivity index (χ0v) is 8.20. The van der Waals surface area contributed by atoms with E-state index < -0.39 is 5.97 Å². The molecule has 0 heterocycles. The maximum Gasteiger partial charge on any atom is 0.306 e. The summed E-state index contributed by atoms with van der Waals surface area (Å²) in [6.45, 7) is 2.12. The topological polar surface area (TPSA) is 37.3 Å². The monoisotopic (exact) mass is 182 g/mol. The van der Waals surface area contributed by atoms with Gasteiger partial charge in [0.05, 0.1) is 5.92 Å². The Hall–Kier alpha value is -0.790. The molecule has 0 bridgehead atoms. The molecule has 0 saturated heterocycles. The second-order valence-corrected chi connectivity index (χ2v) is 3.79. The maximum absolute atomic E-state index is 10.7. The van der Waals surface area contributed by atoms with Crippen LogP contribution in [0.1, 0.15) is 39.0 Å². The zero-order chi connectivity index (χ0) is 9.68. The second kappa shape index (κ2) is 5.05. The highest BCUT2D eigenvalue weighted by Gasteiger charge is 2.24. The average Bonchev–Trinajstić information content (AvgIpc) is 2.15. The van der Waals surface area contributed by atoms with Gasteiger partial charge in [0.2, 0.25) is 0 Å². The van der Waals surface area contributed by atoms with E-state index in [1.807, 2.05) is 0 Å². The van der Waals surface area contributed by atoms with Crippen molar-refractivity contribution >= 4 is 5.97 Å². The van der Waals surface area contributed by atoms with E-state index in [2.05, 4.69) is 19.1 Å². The number of allylic oxidation sites excluding steroid dienone is 2. The molecule has 0 aromatic heterocycles. The molecule has 1 fully saturated rings. The maximum atomic E-state index is 10.7. The minimum atomic E-state index is -0.613. The molecule has 0 aliphatic heterocycles. The predicted molar refractivity (Wildman–Crippen MR) is 52.5 cm³/mol. The van der Waals surface area contributed by atoms with Gasteiger partial charge in [0.1, 0.15) is 0 Å². The van der Waals surface area contributed by atoms with Crippen molar-refractivity contribution in [2.75, 3.05) is 0 Å². The molecule has 2 heteroatoms. The van der Waals surface area contributed by atoms with Gasteiger partial charge >= 0.3 is 5.97 Å². The number of carboxylic acid groups (broad SMARTS) is 1. The summed E-state index contributed by atoms with van der Waals surface area (Å²) in [4.78, 5) is 10.7. The fraction of sp³-hybridized carbons (Fsp3) is 0.727. The Balaban J connectivity index is 2.30. The van der Waals surface area contributed by atoms with Gasteiger partial charge < -0.3 is 5.11 Å². The Bertz CT molecular complexity index is 188. The van der Waals surface area contributed by atoms with Crippen LogP contribution in [0.4, 0.5) is 0 Å². The number of hydrogen-bond donors (Lipinski definition) is 1. The highest BCUT2D eigenvalue weighted by molar-refractivity contribution is 5.70. The lowest BCUT2D eigenvalue weighted by molar-refractivity contribution is -0.142. The summed E-state index contributed by atoms with van der Waals surface area (Å²) in [7, 11) is 0. The van der Waals surface area contributed by atoms with Gasteiger partial charge in [-0.1, -0.05) is 19.1 Å². The van der Waals surface area contributed by atoms with E-state index in [9.17, 15) is 4.79 Å². The quantitative estimate of drug-likeness (QED) is 0.681. The number of rotatable bonds is 3. The highest BCUT2D eigenvalue weighted by Crippen LogP contribution is 2.29. The first kappa shape index (κ1) is 10.3. The Morgan fingerprint density at radius 2 is 2.00 bits per heavy atom. The van der Waals surface area contributed by atoms with Crippen LogP contribution in [-0.2, 0) is 4.79 Å². The molecule has 0 atom stereocenters. The van der Waals surface area contributed by atoms with Crippen LogP contribution in [0.3, 0.4) is 0 Å². The molecule has 0 unspecified atom stereocenters. The molecular formula is C11H18O2. The molecule has 0 aromatic carbocycles. The summed E-state index contributed by atoms with van der Waals surface area (Å²) in [6.07, 6.45) is 9.33. The first-order valence-corrected chi connectivity index (χ1v) is 5.13. The van der Waals surface area contributed by atoms with Crippen molar-refractivity contribution in [2.24, 2.45) is 11.8 Å². The zero-order valence-electron chi connectivity index (χ0n) is 8.20. The number of aliphatic carboxylic acids is 1. The number of hydrogen-bond acceptors (Lipinski definition) is 1. The van der Waals surface area contributed by atoms with Crippen molar-refractivity contribution in [2.45, 2.75) is 39.0 Å². The fourth-order valence-corrected chi connectivity index (χ4v) is 1.89. The Morgan fingerprint density at radius 3 is 2.46 bits per heavy atom. The molecule has 74 valence electrons. The van der Waals surface area contributed by atoms with Gasteiger partial charge in [0.25, 0.3) is 0 Å². The first-order valence-electron chi connectivity index (χ1n) is 5.13. The van der Waals surface area contributed by atoms with Crippen molar-refractivity contribution in [3.05, 3.63) is 12.2 Å². The Labute approximate surface area is 79.6 Å². The molecule has 1 aliphatic rings. The van der Waals surface area contributed by atoms with Crippen molar-refractivity contribution < 1.29 is 9.90 Å². The number of carboxylic acids is 1. The third kappa shape index (κ3) is 3.21. The van der Waals surface area contributed by atoms with Gasteiger partial charge in [0, 0.05) is 0 Å². The van der Waals surface area contributed by atoms with E-state index in [-0.39, 0.29) is 5.92 Å². The molecule has 0 amide bonds. The lowest BCUT2D eigenvalue weighted by Gasteiger charge is -2.23. The van der Waals surface area contributed by atoms with Crippen LogP contribution < -0.4 is 0 Å². The van der Waals surface area contributed by atoms with E-state index in [4.69, 9.17) is 5.11 Å². The second-order valence-electron chi connectivity index (χ2n) is 3.79. The summed E-state index contributed by atoms with van der Waals surface area (Å²) in [5.74, 6) is -0.0558. The average molecular weight is 182 g/mol. The van der Waals surface area contributed by atoms with Gasteiger partial charge in [-0.25, -0.2) is 0 Å². The molecular weight excluding hydrogens is 164 g/mol. The first-order chi connectivity index (χ1) is 6.24. The third-order valence-electron chi connectivity index (χ3n) is 2.77. The lowest BCUT2D eigenvalue weighted by atomic mass is 9.82. The molecule has 1 rings (SSSR count). The van der Waals surface area contributed by atoms with Gasteiger partial charge in [-0.2, -0.15) is 0 Å². The summed E-state index contributed by atoms with van der Waals surface area (Å²) >= 11 is 0. The highest BCUT2D eigenvalue weighted by atomic mass is 16.4.